The SMILES string of the molecule is C=CC(=O)O.CSCC[C@H](N)C(=O)O.CSCC[C@H](N)C(=O)O.[H-].[H-].[Mg+2]. The van der Waals surface area contributed by atoms with Crippen LogP contribution in [-0.4, -0.2) is 92.4 Å². The molecule has 0 heterocycles. The van der Waals surface area contributed by atoms with Gasteiger partial charge in [-0.1, -0.05) is 6.58 Å². The first kappa shape index (κ1) is 31.3. The van der Waals surface area contributed by atoms with E-state index in [-0.39, 0.29) is 25.9 Å². The second-order valence-corrected chi connectivity index (χ2v) is 5.97. The molecule has 2 atom stereocenters. The number of hydrogen-bond acceptors (Lipinski definition) is 7. The van der Waals surface area contributed by atoms with Gasteiger partial charge in [0.2, 0.25) is 0 Å². The fraction of sp³-hybridized carbons (Fsp3) is 0.615. The predicted octanol–water partition coefficient (Wildman–Crippen LogP) is 0.404. The standard InChI is InChI=1S/2C5H11NO2S.C3H4O2.Mg.2H/c2*1-9-3-2-4(6)5(7)8;1-2-3(4)5;;;/h2*4H,2-3,6H2,1H3,(H,7,8);2H,1H2,(H,4,5);;;/q;;;+2;2*-1/t2*4-;;;;/m00..../s1. The first-order valence-electron chi connectivity index (χ1n) is 6.43. The quantitative estimate of drug-likeness (QED) is 0.272. The molecule has 0 unspecified atom stereocenters. The normalized spacial score (nSPS) is 11.2. The first-order valence-corrected chi connectivity index (χ1v) is 9.22. The first-order chi connectivity index (χ1) is 10.6. The molecule has 7 N–H and O–H groups in total. The monoisotopic (exact) mass is 396 g/mol. The van der Waals surface area contributed by atoms with Crippen LogP contribution in [0.4, 0.5) is 0 Å². The van der Waals surface area contributed by atoms with Gasteiger partial charge in [0.25, 0.3) is 0 Å². The van der Waals surface area contributed by atoms with Crippen LogP contribution in [-0.2, 0) is 14.4 Å². The van der Waals surface area contributed by atoms with E-state index < -0.39 is 30.0 Å². The number of carboxylic acid groups (broad SMARTS) is 3. The topological polar surface area (TPSA) is 164 Å². The van der Waals surface area contributed by atoms with Crippen molar-refractivity contribution in [3.05, 3.63) is 12.7 Å². The second kappa shape index (κ2) is 22.5. The summed E-state index contributed by atoms with van der Waals surface area (Å²) in [4.78, 5) is 29.4. The maximum Gasteiger partial charge on any atom is 2.00 e. The number of hydrogen-bond donors (Lipinski definition) is 5. The van der Waals surface area contributed by atoms with Gasteiger partial charge in [0.1, 0.15) is 12.1 Å². The zero-order valence-electron chi connectivity index (χ0n) is 16.0. The molecule has 0 aromatic carbocycles. The molecule has 0 aromatic heterocycles. The Bertz CT molecular complexity index is 348. The Kier molecular flexibility index (Phi) is 29.4. The van der Waals surface area contributed by atoms with E-state index in [0.29, 0.717) is 12.8 Å². The van der Waals surface area contributed by atoms with Crippen molar-refractivity contribution in [2.45, 2.75) is 24.9 Å². The summed E-state index contributed by atoms with van der Waals surface area (Å²) in [6.07, 6.45) is 5.79. The molecule has 0 aliphatic carbocycles. The maximum atomic E-state index is 10.1. The van der Waals surface area contributed by atoms with Gasteiger partial charge in [-0.3, -0.25) is 9.59 Å². The van der Waals surface area contributed by atoms with E-state index in [1.807, 2.05) is 12.5 Å². The minimum atomic E-state index is -0.981. The fourth-order valence-electron chi connectivity index (χ4n) is 0.737. The van der Waals surface area contributed by atoms with Gasteiger partial charge in [0.15, 0.2) is 0 Å². The van der Waals surface area contributed by atoms with E-state index in [0.717, 1.165) is 17.6 Å². The molecule has 0 aromatic rings. The summed E-state index contributed by atoms with van der Waals surface area (Å²) in [6, 6.07) is -1.37. The third-order valence-electron chi connectivity index (χ3n) is 2.07. The Hall–Kier alpha value is -0.464. The van der Waals surface area contributed by atoms with Crippen molar-refractivity contribution in [3.8, 4) is 0 Å². The van der Waals surface area contributed by atoms with Crippen LogP contribution in [0, 0.1) is 0 Å². The van der Waals surface area contributed by atoms with Gasteiger partial charge in [-0.05, 0) is 36.9 Å². The smallest absolute Gasteiger partial charge is 1.00 e. The minimum absolute atomic E-state index is 0. The van der Waals surface area contributed by atoms with Gasteiger partial charge in [0, 0.05) is 6.08 Å². The Morgan fingerprint density at radius 3 is 1.38 bits per heavy atom. The summed E-state index contributed by atoms with van der Waals surface area (Å²) in [5.41, 5.74) is 10.4. The average molecular weight is 397 g/mol. The van der Waals surface area contributed by atoms with Crippen molar-refractivity contribution in [1.82, 2.24) is 0 Å². The maximum absolute atomic E-state index is 10.1. The molecular weight excluding hydrogens is 369 g/mol. The summed E-state index contributed by atoms with van der Waals surface area (Å²) in [7, 11) is 0. The zero-order chi connectivity index (χ0) is 18.8. The summed E-state index contributed by atoms with van der Waals surface area (Å²) >= 11 is 3.21. The number of carbonyl (C=O) groups is 3. The molecule has 11 heteroatoms. The minimum Gasteiger partial charge on any atom is -1.00 e. The van der Waals surface area contributed by atoms with Crippen molar-refractivity contribution >= 4 is 64.5 Å². The fourth-order valence-corrected chi connectivity index (χ4v) is 1.72. The van der Waals surface area contributed by atoms with Gasteiger partial charge in [-0.15, -0.1) is 0 Å². The van der Waals surface area contributed by atoms with Crippen LogP contribution in [0.5, 0.6) is 0 Å². The molecular formula is C13H28MgN2O6S2. The molecule has 0 saturated carbocycles. The molecule has 0 aliphatic heterocycles. The number of aliphatic carboxylic acids is 3. The molecule has 0 saturated heterocycles. The van der Waals surface area contributed by atoms with Crippen LogP contribution in [0.3, 0.4) is 0 Å². The predicted molar refractivity (Wildman–Crippen MR) is 103 cm³/mol. The van der Waals surface area contributed by atoms with E-state index in [2.05, 4.69) is 6.58 Å². The van der Waals surface area contributed by atoms with Crippen molar-refractivity contribution < 1.29 is 32.6 Å². The van der Waals surface area contributed by atoms with Crippen LogP contribution in [0.25, 0.3) is 0 Å². The largest absolute Gasteiger partial charge is 2.00 e. The van der Waals surface area contributed by atoms with Crippen LogP contribution < -0.4 is 11.5 Å². The van der Waals surface area contributed by atoms with Gasteiger partial charge < -0.3 is 29.6 Å². The second-order valence-electron chi connectivity index (χ2n) is 3.99. The molecule has 0 fully saturated rings. The van der Waals surface area contributed by atoms with E-state index >= 15 is 0 Å². The molecule has 0 aliphatic rings. The van der Waals surface area contributed by atoms with Crippen LogP contribution in [0.2, 0.25) is 0 Å². The molecule has 0 rings (SSSR count). The van der Waals surface area contributed by atoms with Crippen molar-refractivity contribution in [2.24, 2.45) is 11.5 Å². The van der Waals surface area contributed by atoms with Gasteiger partial charge in [-0.2, -0.15) is 23.5 Å². The summed E-state index contributed by atoms with van der Waals surface area (Å²) in [5, 5.41) is 24.2. The van der Waals surface area contributed by atoms with Gasteiger partial charge >= 0.3 is 41.0 Å². The van der Waals surface area contributed by atoms with E-state index in [9.17, 15) is 14.4 Å². The number of thioether (sulfide) groups is 2. The third-order valence-corrected chi connectivity index (χ3v) is 3.36. The van der Waals surface area contributed by atoms with E-state index in [1.165, 1.54) is 0 Å². The Balaban J connectivity index is -0.0000000566. The molecule has 24 heavy (non-hydrogen) atoms. The number of nitrogens with two attached hydrogens (primary N) is 2. The Morgan fingerprint density at radius 1 is 1.00 bits per heavy atom. The van der Waals surface area contributed by atoms with E-state index in [4.69, 9.17) is 26.8 Å². The molecule has 140 valence electrons. The molecule has 0 spiro atoms. The van der Waals surface area contributed by atoms with Gasteiger partial charge in [-0.25, -0.2) is 4.79 Å². The van der Waals surface area contributed by atoms with Crippen molar-refractivity contribution in [1.29, 1.82) is 0 Å². The molecule has 0 bridgehead atoms. The van der Waals surface area contributed by atoms with Crippen LogP contribution in [0.1, 0.15) is 15.7 Å². The Morgan fingerprint density at radius 2 is 1.25 bits per heavy atom. The van der Waals surface area contributed by atoms with Crippen molar-refractivity contribution in [2.75, 3.05) is 24.0 Å². The number of carboxylic acids is 3. The Labute approximate surface area is 169 Å². The summed E-state index contributed by atoms with van der Waals surface area (Å²) < 4.78 is 0. The molecule has 0 amide bonds. The third kappa shape index (κ3) is 29.5. The average Bonchev–Trinajstić information content (AvgIpc) is 2.50. The summed E-state index contributed by atoms with van der Waals surface area (Å²) in [5.74, 6) is -1.18. The van der Waals surface area contributed by atoms with Crippen molar-refractivity contribution in [3.63, 3.8) is 0 Å². The summed E-state index contributed by atoms with van der Waals surface area (Å²) in [6.45, 7) is 2.96. The van der Waals surface area contributed by atoms with Crippen LogP contribution >= 0.6 is 23.5 Å². The van der Waals surface area contributed by atoms with Gasteiger partial charge in [0.05, 0.1) is 0 Å². The zero-order valence-corrected chi connectivity index (χ0v) is 17.1. The molecule has 0 radical (unpaired) electrons. The van der Waals surface area contributed by atoms with E-state index in [1.54, 1.807) is 23.5 Å². The van der Waals surface area contributed by atoms with Crippen LogP contribution in [0.15, 0.2) is 12.7 Å². The molecule has 8 nitrogen and oxygen atoms in total. The number of rotatable bonds is 9.